The van der Waals surface area contributed by atoms with Gasteiger partial charge in [0.1, 0.15) is 11.1 Å². The van der Waals surface area contributed by atoms with Gasteiger partial charge in [-0.3, -0.25) is 0 Å². The molecule has 1 aromatic heterocycles. The Morgan fingerprint density at radius 3 is 2.96 bits per heavy atom. The molecule has 1 amide bonds. The molecule has 3 rings (SSSR count). The maximum atomic E-state index is 12.2. The molecule has 1 saturated heterocycles. The van der Waals surface area contributed by atoms with Crippen molar-refractivity contribution >= 4 is 22.9 Å². The van der Waals surface area contributed by atoms with Gasteiger partial charge in [0.25, 0.3) is 0 Å². The lowest BCUT2D eigenvalue weighted by atomic mass is 9.98. The van der Waals surface area contributed by atoms with Crippen LogP contribution in [0.5, 0.6) is 0 Å². The maximum Gasteiger partial charge on any atom is 0.410 e. The molecule has 2 heterocycles. The molecule has 124 valence electrons. The van der Waals surface area contributed by atoms with Gasteiger partial charge in [0.2, 0.25) is 0 Å². The standard InChI is InChI=1S/C17H23N3O3/c1-17(2,3)23-16(21)20-8-4-5-11(10-20)15-19-13-9-12(18)6-7-14(13)22-15/h6-7,9,11H,4-5,8,10,18H2,1-3H3. The van der Waals surface area contributed by atoms with Gasteiger partial charge >= 0.3 is 6.09 Å². The molecule has 0 spiro atoms. The molecule has 1 aliphatic rings. The van der Waals surface area contributed by atoms with Crippen LogP contribution in [0.25, 0.3) is 11.1 Å². The summed E-state index contributed by atoms with van der Waals surface area (Å²) in [5.41, 5.74) is 7.44. The summed E-state index contributed by atoms with van der Waals surface area (Å²) in [5.74, 6) is 0.753. The number of aromatic nitrogens is 1. The molecule has 1 aliphatic heterocycles. The minimum atomic E-state index is -0.487. The van der Waals surface area contributed by atoms with Crippen molar-refractivity contribution in [3.63, 3.8) is 0 Å². The van der Waals surface area contributed by atoms with Gasteiger partial charge in [-0.2, -0.15) is 0 Å². The van der Waals surface area contributed by atoms with Crippen LogP contribution in [-0.2, 0) is 4.74 Å². The largest absolute Gasteiger partial charge is 0.444 e. The summed E-state index contributed by atoms with van der Waals surface area (Å²) < 4.78 is 11.3. The zero-order chi connectivity index (χ0) is 16.6. The molecule has 2 N–H and O–H groups in total. The SMILES string of the molecule is CC(C)(C)OC(=O)N1CCCC(c2nc3cc(N)ccc3o2)C1. The Bertz CT molecular complexity index is 717. The van der Waals surface area contributed by atoms with Crippen molar-refractivity contribution in [3.05, 3.63) is 24.1 Å². The third kappa shape index (κ3) is 3.57. The Labute approximate surface area is 135 Å². The number of piperidine rings is 1. The number of hydrogen-bond donors (Lipinski definition) is 1. The second-order valence-corrected chi connectivity index (χ2v) is 7.04. The molecule has 2 aromatic rings. The highest BCUT2D eigenvalue weighted by molar-refractivity contribution is 5.76. The van der Waals surface area contributed by atoms with Crippen LogP contribution in [0.15, 0.2) is 22.6 Å². The molecule has 1 fully saturated rings. The van der Waals surface area contributed by atoms with Gasteiger partial charge in [0.05, 0.1) is 5.92 Å². The topological polar surface area (TPSA) is 81.6 Å². The number of rotatable bonds is 1. The van der Waals surface area contributed by atoms with Crippen LogP contribution in [0.3, 0.4) is 0 Å². The number of nitrogens with zero attached hydrogens (tertiary/aromatic N) is 2. The van der Waals surface area contributed by atoms with Crippen LogP contribution in [-0.4, -0.2) is 34.7 Å². The van der Waals surface area contributed by atoms with Gasteiger partial charge in [-0.05, 0) is 51.8 Å². The number of carbonyl (C=O) groups excluding carboxylic acids is 1. The van der Waals surface area contributed by atoms with Gasteiger partial charge in [-0.25, -0.2) is 9.78 Å². The van der Waals surface area contributed by atoms with Crippen LogP contribution in [0.2, 0.25) is 0 Å². The minimum absolute atomic E-state index is 0.0879. The number of carbonyl (C=O) groups is 1. The van der Waals surface area contributed by atoms with E-state index in [2.05, 4.69) is 4.98 Å². The van der Waals surface area contributed by atoms with Crippen molar-refractivity contribution < 1.29 is 13.9 Å². The highest BCUT2D eigenvalue weighted by Gasteiger charge is 2.30. The summed E-state index contributed by atoms with van der Waals surface area (Å²) in [4.78, 5) is 18.5. The van der Waals surface area contributed by atoms with Gasteiger partial charge in [0.15, 0.2) is 11.5 Å². The van der Waals surface area contributed by atoms with E-state index in [0.717, 1.165) is 23.9 Å². The van der Waals surface area contributed by atoms with E-state index in [0.29, 0.717) is 24.7 Å². The van der Waals surface area contributed by atoms with Crippen molar-refractivity contribution in [2.45, 2.75) is 45.1 Å². The molecule has 6 nitrogen and oxygen atoms in total. The van der Waals surface area contributed by atoms with E-state index < -0.39 is 5.60 Å². The number of anilines is 1. The van der Waals surface area contributed by atoms with Crippen LogP contribution < -0.4 is 5.73 Å². The Morgan fingerprint density at radius 2 is 2.22 bits per heavy atom. The molecular formula is C17H23N3O3. The fourth-order valence-electron chi connectivity index (χ4n) is 2.81. The van der Waals surface area contributed by atoms with E-state index >= 15 is 0 Å². The molecule has 1 atom stereocenters. The fraction of sp³-hybridized carbons (Fsp3) is 0.529. The van der Waals surface area contributed by atoms with E-state index in [4.69, 9.17) is 14.9 Å². The summed E-state index contributed by atoms with van der Waals surface area (Å²) in [6, 6.07) is 5.43. The number of hydrogen-bond acceptors (Lipinski definition) is 5. The number of amides is 1. The third-order valence-corrected chi connectivity index (χ3v) is 3.85. The summed E-state index contributed by atoms with van der Waals surface area (Å²) in [5, 5.41) is 0. The molecule has 1 aromatic carbocycles. The first-order valence-electron chi connectivity index (χ1n) is 7.96. The Kier molecular flexibility index (Phi) is 3.92. The van der Waals surface area contributed by atoms with E-state index in [1.807, 2.05) is 26.8 Å². The number of benzene rings is 1. The van der Waals surface area contributed by atoms with Crippen molar-refractivity contribution in [2.75, 3.05) is 18.8 Å². The lowest BCUT2D eigenvalue weighted by molar-refractivity contribution is 0.0191. The first kappa shape index (κ1) is 15.6. The van der Waals surface area contributed by atoms with E-state index in [-0.39, 0.29) is 12.0 Å². The number of fused-ring (bicyclic) bond motifs is 1. The van der Waals surface area contributed by atoms with Gasteiger partial charge in [-0.1, -0.05) is 0 Å². The highest BCUT2D eigenvalue weighted by atomic mass is 16.6. The Hall–Kier alpha value is -2.24. The Balaban J connectivity index is 1.75. The van der Waals surface area contributed by atoms with E-state index in [1.54, 1.807) is 17.0 Å². The summed E-state index contributed by atoms with van der Waals surface area (Å²) in [6.07, 6.45) is 1.58. The molecule has 1 unspecified atom stereocenters. The van der Waals surface area contributed by atoms with Crippen molar-refractivity contribution in [1.29, 1.82) is 0 Å². The molecule has 0 radical (unpaired) electrons. The normalized spacial score (nSPS) is 19.1. The third-order valence-electron chi connectivity index (χ3n) is 3.85. The van der Waals surface area contributed by atoms with Gasteiger partial charge in [-0.15, -0.1) is 0 Å². The molecule has 0 aliphatic carbocycles. The second kappa shape index (κ2) is 5.76. The van der Waals surface area contributed by atoms with Crippen molar-refractivity contribution in [1.82, 2.24) is 9.88 Å². The maximum absolute atomic E-state index is 12.2. The zero-order valence-corrected chi connectivity index (χ0v) is 13.8. The molecular weight excluding hydrogens is 294 g/mol. The van der Waals surface area contributed by atoms with Crippen molar-refractivity contribution in [3.8, 4) is 0 Å². The number of oxazole rings is 1. The summed E-state index contributed by atoms with van der Waals surface area (Å²) in [6.45, 7) is 6.89. The number of nitrogen functional groups attached to an aromatic ring is 1. The van der Waals surface area contributed by atoms with Crippen molar-refractivity contribution in [2.24, 2.45) is 0 Å². The van der Waals surface area contributed by atoms with Crippen LogP contribution >= 0.6 is 0 Å². The lowest BCUT2D eigenvalue weighted by Gasteiger charge is -2.32. The Morgan fingerprint density at radius 1 is 1.43 bits per heavy atom. The molecule has 23 heavy (non-hydrogen) atoms. The zero-order valence-electron chi connectivity index (χ0n) is 13.8. The van der Waals surface area contributed by atoms with Crippen LogP contribution in [0.1, 0.15) is 45.4 Å². The van der Waals surface area contributed by atoms with Gasteiger partial charge in [0, 0.05) is 18.8 Å². The quantitative estimate of drug-likeness (QED) is 0.814. The number of nitrogens with two attached hydrogens (primary N) is 1. The molecule has 6 heteroatoms. The number of likely N-dealkylation sites (tertiary alicyclic amines) is 1. The average molecular weight is 317 g/mol. The minimum Gasteiger partial charge on any atom is -0.444 e. The van der Waals surface area contributed by atoms with Crippen LogP contribution in [0, 0.1) is 0 Å². The predicted octanol–water partition coefficient (Wildman–Crippen LogP) is 3.52. The second-order valence-electron chi connectivity index (χ2n) is 7.04. The highest BCUT2D eigenvalue weighted by Crippen LogP contribution is 2.30. The lowest BCUT2D eigenvalue weighted by Crippen LogP contribution is -2.42. The number of ether oxygens (including phenoxy) is 1. The van der Waals surface area contributed by atoms with E-state index in [9.17, 15) is 4.79 Å². The monoisotopic (exact) mass is 317 g/mol. The molecule has 0 bridgehead atoms. The first-order valence-corrected chi connectivity index (χ1v) is 7.96. The van der Waals surface area contributed by atoms with E-state index in [1.165, 1.54) is 0 Å². The fourth-order valence-corrected chi connectivity index (χ4v) is 2.81. The first-order chi connectivity index (χ1) is 10.8. The summed E-state index contributed by atoms with van der Waals surface area (Å²) in [7, 11) is 0. The predicted molar refractivity (Wildman–Crippen MR) is 88.2 cm³/mol. The average Bonchev–Trinajstić information content (AvgIpc) is 2.88. The van der Waals surface area contributed by atoms with Gasteiger partial charge < -0.3 is 19.8 Å². The molecule has 0 saturated carbocycles. The smallest absolute Gasteiger partial charge is 0.410 e. The summed E-state index contributed by atoms with van der Waals surface area (Å²) >= 11 is 0. The van der Waals surface area contributed by atoms with Crippen LogP contribution in [0.4, 0.5) is 10.5 Å².